The van der Waals surface area contributed by atoms with E-state index in [0.29, 0.717) is 27.8 Å². The Labute approximate surface area is 598 Å². The predicted molar refractivity (Wildman–Crippen MR) is 404 cm³/mol. The molecule has 0 aliphatic carbocycles. The highest BCUT2D eigenvalue weighted by molar-refractivity contribution is 5.75. The minimum absolute atomic E-state index is 0.0971. The van der Waals surface area contributed by atoms with Gasteiger partial charge in [-0.15, -0.1) is 0 Å². The fourth-order valence-corrected chi connectivity index (χ4v) is 11.8. The van der Waals surface area contributed by atoms with Crippen LogP contribution in [0, 0.1) is 62.2 Å². The molecule has 482 valence electrons. The molecule has 4 heteroatoms. The second-order valence-electron chi connectivity index (χ2n) is 24.9. The molecule has 0 aliphatic heterocycles. The molecule has 4 aromatic heterocycles. The predicted octanol–water partition coefficient (Wildman–Crippen LogP) is 21.5. The van der Waals surface area contributed by atoms with Crippen LogP contribution in [0.25, 0.3) is 89.5 Å². The molecule has 0 fully saturated rings. The van der Waals surface area contributed by atoms with Crippen molar-refractivity contribution in [3.8, 4) is 89.5 Å². The van der Waals surface area contributed by atoms with Crippen molar-refractivity contribution in [3.05, 3.63) is 309 Å². The molecule has 12 aromatic rings. The maximum Gasteiger partial charge on any atom is 0.213 e. The highest BCUT2D eigenvalue weighted by Crippen LogP contribution is 2.34. The number of pyridine rings is 4. The number of aryl methyl sites for hydroxylation is 14. The van der Waals surface area contributed by atoms with Gasteiger partial charge >= 0.3 is 0 Å². The Bertz CT molecular complexity index is 5430. The highest BCUT2D eigenvalue weighted by Gasteiger charge is 2.20. The van der Waals surface area contributed by atoms with Crippen molar-refractivity contribution in [1.29, 1.82) is 0 Å². The van der Waals surface area contributed by atoms with E-state index in [4.69, 9.17) is 27.4 Å². The van der Waals surface area contributed by atoms with Crippen molar-refractivity contribution in [2.75, 3.05) is 0 Å². The lowest BCUT2D eigenvalue weighted by Crippen LogP contribution is -2.30. The van der Waals surface area contributed by atoms with Crippen LogP contribution < -0.4 is 18.3 Å². The molecule has 4 heterocycles. The second kappa shape index (κ2) is 31.5. The van der Waals surface area contributed by atoms with Crippen molar-refractivity contribution < 1.29 is 45.7 Å². The van der Waals surface area contributed by atoms with Gasteiger partial charge in [-0.3, -0.25) is 0 Å². The first-order valence-corrected chi connectivity index (χ1v) is 32.1. The molecule has 8 aromatic carbocycles. The Hall–Kier alpha value is -9.64. The number of hydrogen-bond acceptors (Lipinski definition) is 0. The van der Waals surface area contributed by atoms with Gasteiger partial charge < -0.3 is 0 Å². The second-order valence-corrected chi connectivity index (χ2v) is 24.9. The first-order valence-electron chi connectivity index (χ1n) is 42.1. The van der Waals surface area contributed by atoms with Gasteiger partial charge in [0.15, 0.2) is 24.8 Å². The molecule has 0 amide bonds. The summed E-state index contributed by atoms with van der Waals surface area (Å²) in [5.41, 5.74) is 25.4. The number of aromatic nitrogens is 4. The Kier molecular flexibility index (Phi) is 15.7. The molecular formula is C91H102N4+4. The van der Waals surface area contributed by atoms with Crippen LogP contribution in [0.15, 0.2) is 237 Å². The Balaban J connectivity index is 0.000000177. The third-order valence-electron chi connectivity index (χ3n) is 17.6. The number of nitrogens with zero attached hydrogens (tertiary/aromatic N) is 4. The number of benzene rings is 8. The van der Waals surface area contributed by atoms with E-state index >= 15 is 0 Å². The summed E-state index contributed by atoms with van der Waals surface area (Å²) < 4.78 is 165. The average molecular weight is 1270 g/mol. The topological polar surface area (TPSA) is 15.5 Å². The monoisotopic (exact) mass is 1270 g/mol. The molecule has 2 atom stereocenters. The molecule has 0 saturated heterocycles. The van der Waals surface area contributed by atoms with Crippen molar-refractivity contribution in [2.45, 2.75) is 128 Å². The van der Waals surface area contributed by atoms with Crippen LogP contribution in [0.4, 0.5) is 0 Å². The van der Waals surface area contributed by atoms with Gasteiger partial charge in [0, 0.05) is 98.2 Å². The van der Waals surface area contributed by atoms with Crippen LogP contribution in [-0.2, 0) is 41.0 Å². The molecule has 95 heavy (non-hydrogen) atoms. The van der Waals surface area contributed by atoms with E-state index in [9.17, 15) is 0 Å². The summed E-state index contributed by atoms with van der Waals surface area (Å²) in [6.07, 6.45) is 7.71. The third-order valence-corrected chi connectivity index (χ3v) is 17.6. The molecule has 0 aliphatic rings. The molecule has 0 N–H and O–H groups in total. The highest BCUT2D eigenvalue weighted by atomic mass is 14.9. The lowest BCUT2D eigenvalue weighted by molar-refractivity contribution is -0.660. The lowest BCUT2D eigenvalue weighted by Gasteiger charge is -2.15. The minimum atomic E-state index is -2.64. The van der Waals surface area contributed by atoms with Gasteiger partial charge in [0.25, 0.3) is 0 Å². The van der Waals surface area contributed by atoms with Crippen LogP contribution >= 0.6 is 0 Å². The Morgan fingerprint density at radius 2 is 0.653 bits per heavy atom. The summed E-state index contributed by atoms with van der Waals surface area (Å²) >= 11 is 0. The summed E-state index contributed by atoms with van der Waals surface area (Å²) in [6, 6.07) is 68.3. The number of hydrogen-bond donors (Lipinski definition) is 0. The molecule has 0 bridgehead atoms. The van der Waals surface area contributed by atoms with Crippen LogP contribution in [-0.4, -0.2) is 0 Å². The van der Waals surface area contributed by atoms with E-state index in [0.717, 1.165) is 101 Å². The molecule has 2 unspecified atom stereocenters. The third kappa shape index (κ3) is 17.2. The molecule has 12 rings (SSSR count). The van der Waals surface area contributed by atoms with Gasteiger partial charge in [0.05, 0.1) is 0 Å². The van der Waals surface area contributed by atoms with Gasteiger partial charge in [-0.25, -0.2) is 18.3 Å². The zero-order valence-corrected chi connectivity index (χ0v) is 57.2. The summed E-state index contributed by atoms with van der Waals surface area (Å²) in [5, 5.41) is 0. The van der Waals surface area contributed by atoms with Gasteiger partial charge in [0.2, 0.25) is 22.8 Å². The smallest absolute Gasteiger partial charge is 0.201 e. The maximum atomic E-state index is 8.61. The molecule has 0 radical (unpaired) electrons. The van der Waals surface area contributed by atoms with E-state index in [1.165, 1.54) is 42.2 Å². The lowest BCUT2D eigenvalue weighted by atomic mass is 9.90. The first-order chi connectivity index (χ1) is 53.3. The molecule has 4 nitrogen and oxygen atoms in total. The largest absolute Gasteiger partial charge is 0.213 e. The van der Waals surface area contributed by atoms with Gasteiger partial charge in [-0.1, -0.05) is 192 Å². The van der Waals surface area contributed by atoms with E-state index in [1.54, 1.807) is 30.3 Å². The average Bonchev–Trinajstić information content (AvgIpc) is 0.753. The van der Waals surface area contributed by atoms with Crippen LogP contribution in [0.3, 0.4) is 0 Å². The maximum absolute atomic E-state index is 8.61. The Morgan fingerprint density at radius 1 is 0.316 bits per heavy atom. The quantitative estimate of drug-likeness (QED) is 0.108. The summed E-state index contributed by atoms with van der Waals surface area (Å²) in [4.78, 5) is 0. The van der Waals surface area contributed by atoms with E-state index in [1.807, 2.05) is 205 Å². The van der Waals surface area contributed by atoms with Crippen LogP contribution in [0.1, 0.15) is 153 Å². The summed E-state index contributed by atoms with van der Waals surface area (Å²) in [6.45, 7) is 2.93. The van der Waals surface area contributed by atoms with Crippen LogP contribution in [0.5, 0.6) is 0 Å². The van der Waals surface area contributed by atoms with E-state index in [-0.39, 0.29) is 24.0 Å². The zero-order valence-electron chi connectivity index (χ0n) is 77.2. The summed E-state index contributed by atoms with van der Waals surface area (Å²) in [7, 11) is 7.96. The van der Waals surface area contributed by atoms with Crippen molar-refractivity contribution in [2.24, 2.45) is 28.2 Å². The van der Waals surface area contributed by atoms with Crippen molar-refractivity contribution in [1.82, 2.24) is 0 Å². The van der Waals surface area contributed by atoms with E-state index in [2.05, 4.69) is 90.6 Å². The van der Waals surface area contributed by atoms with Gasteiger partial charge in [-0.2, -0.15) is 0 Å². The standard InChI is InChI=1S/C25H30N.C23H26N.C22H24N.C21H22N/c1-17(2)21-13-22(18(3)4)15-23(14-21)20-11-12-26(6)25(16-20)24-10-8-7-9-19(24)5;1-5-18-13-19(6-2)15-21(14-18)20-11-12-24(4)23(16-20)22-10-8-7-9-17(22)3;1-15-8-6-7-9-21(15)22-14-19(10-11-23(22)5)20-12-16(2)18(4)17(3)13-20;1-15-11-16(2)13-19(12-15)18-9-10-22(4)21(14-18)20-8-6-5-7-17(20)3/h7-18H,1-6H3;7-16H,5-6H2,1-4H3;6-14H,1-5H3;5-14H,1-4H3/q4*+1/i1D3,3D3,17D,18D;1D3,2D3;2D3;1D3. The molecule has 0 saturated carbocycles. The molecule has 0 spiro atoms. The van der Waals surface area contributed by atoms with Crippen LogP contribution in [0.2, 0.25) is 0 Å². The van der Waals surface area contributed by atoms with Gasteiger partial charge in [-0.05, 0) is 217 Å². The zero-order chi connectivity index (χ0) is 85.0. The fourth-order valence-electron chi connectivity index (χ4n) is 11.8. The SMILES string of the molecule is [2H]C([2H])([2H])C([2H])(C)c1cc(-c2cc[n+](C)c(-c3ccccc3C)c2)cc(C([2H])(C)C([2H])([2H])[2H])c1.[2H]C([2H])([2H])Cc1cc(CC([2H])([2H])[2H])cc(-c2cc[n+](C)c(-c3ccccc3C)c2)c1.[2H]C([2H])([2H])c1cc(-c2cc[n+](C)c(-c3ccccc3C)c2)cc(C)c1C.[2H]C([2H])([2H])c1cc(C)cc(-c2cc[n+](C)c(-c3ccccc3C)c2)c1. The van der Waals surface area contributed by atoms with Crippen molar-refractivity contribution >= 4 is 0 Å². The first kappa shape index (κ1) is 47.3. The molecular weight excluding hydrogens is 1150 g/mol. The fraction of sp³-hybridized carbons (Fsp3) is 0.253. The van der Waals surface area contributed by atoms with E-state index < -0.39 is 52.9 Å². The normalized spacial score (nSPS) is 16.1. The minimum Gasteiger partial charge on any atom is -0.201 e. The Morgan fingerprint density at radius 3 is 1.00 bits per heavy atom. The number of rotatable bonds is 12. The van der Waals surface area contributed by atoms with Crippen molar-refractivity contribution in [3.63, 3.8) is 0 Å². The summed E-state index contributed by atoms with van der Waals surface area (Å²) in [5.74, 6) is -3.97. The van der Waals surface area contributed by atoms with Gasteiger partial charge in [0.1, 0.15) is 28.2 Å².